The molecular formula is C20H19N5O2S2. The normalized spacial score (nSPS) is 13.6. The Bertz CT molecular complexity index is 1240. The Kier molecular flexibility index (Phi) is 4.84. The third kappa shape index (κ3) is 3.34. The number of aromatic nitrogens is 5. The summed E-state index contributed by atoms with van der Waals surface area (Å²) in [6.07, 6.45) is 6.01. The molecule has 5 rings (SSSR count). The lowest BCUT2D eigenvalue weighted by Gasteiger charge is -2.11. The van der Waals surface area contributed by atoms with Gasteiger partial charge in [-0.3, -0.25) is 13.8 Å². The van der Waals surface area contributed by atoms with E-state index in [-0.39, 0.29) is 5.56 Å². The van der Waals surface area contributed by atoms with Crippen LogP contribution in [0.3, 0.4) is 0 Å². The molecule has 29 heavy (non-hydrogen) atoms. The van der Waals surface area contributed by atoms with Gasteiger partial charge in [0.15, 0.2) is 10.1 Å². The fraction of sp³-hybridized carbons (Fsp3) is 0.300. The highest BCUT2D eigenvalue weighted by atomic mass is 32.2. The lowest BCUT2D eigenvalue weighted by molar-refractivity contribution is 0.412. The van der Waals surface area contributed by atoms with Gasteiger partial charge in [-0.15, -0.1) is 21.5 Å². The highest BCUT2D eigenvalue weighted by Crippen LogP contribution is 2.30. The fourth-order valence-corrected chi connectivity index (χ4v) is 5.72. The van der Waals surface area contributed by atoms with Crippen molar-refractivity contribution in [1.29, 1.82) is 0 Å². The van der Waals surface area contributed by atoms with Gasteiger partial charge in [0.1, 0.15) is 12.1 Å². The first-order chi connectivity index (χ1) is 14.2. The molecule has 0 unspecified atom stereocenters. The zero-order chi connectivity index (χ0) is 19.8. The summed E-state index contributed by atoms with van der Waals surface area (Å²) in [6.45, 7) is 0. The maximum absolute atomic E-state index is 12.7. The molecule has 0 amide bonds. The van der Waals surface area contributed by atoms with Crippen LogP contribution < -0.4 is 10.3 Å². The number of hydrogen-bond acceptors (Lipinski definition) is 7. The second kappa shape index (κ2) is 7.64. The van der Waals surface area contributed by atoms with E-state index in [4.69, 9.17) is 9.72 Å². The number of para-hydroxylation sites is 2. The molecule has 0 radical (unpaired) electrons. The van der Waals surface area contributed by atoms with E-state index in [9.17, 15) is 4.79 Å². The maximum atomic E-state index is 12.7. The van der Waals surface area contributed by atoms with Crippen LogP contribution in [0, 0.1) is 0 Å². The molecule has 148 valence electrons. The molecule has 0 atom stereocenters. The van der Waals surface area contributed by atoms with Gasteiger partial charge in [0.05, 0.1) is 18.5 Å². The SMILES string of the molecule is COc1ccccc1-n1cnnc1SCc1cc(=O)n2c3c(sc2n1)CCCC3. The number of rotatable bonds is 5. The van der Waals surface area contributed by atoms with E-state index in [0.29, 0.717) is 5.75 Å². The molecule has 1 aliphatic rings. The number of aryl methyl sites for hydroxylation is 2. The summed E-state index contributed by atoms with van der Waals surface area (Å²) in [5, 5.41) is 9.01. The summed E-state index contributed by atoms with van der Waals surface area (Å²) >= 11 is 3.15. The predicted octanol–water partition coefficient (Wildman–Crippen LogP) is 3.52. The Hall–Kier alpha value is -2.65. The average molecular weight is 426 g/mol. The summed E-state index contributed by atoms with van der Waals surface area (Å²) in [4.78, 5) is 19.6. The number of fused-ring (bicyclic) bond motifs is 3. The molecule has 4 aromatic rings. The van der Waals surface area contributed by atoms with Crippen LogP contribution in [0.15, 0.2) is 46.6 Å². The van der Waals surface area contributed by atoms with Crippen molar-refractivity contribution in [3.05, 3.63) is 63.3 Å². The molecule has 0 bridgehead atoms. The van der Waals surface area contributed by atoms with Crippen LogP contribution >= 0.6 is 23.1 Å². The van der Waals surface area contributed by atoms with Crippen LogP contribution in [0.25, 0.3) is 10.6 Å². The third-order valence-corrected chi connectivity index (χ3v) is 7.14. The fourth-order valence-electron chi connectivity index (χ4n) is 3.67. The molecule has 9 heteroatoms. The Morgan fingerprint density at radius 1 is 1.24 bits per heavy atom. The molecule has 7 nitrogen and oxygen atoms in total. The highest BCUT2D eigenvalue weighted by molar-refractivity contribution is 7.98. The van der Waals surface area contributed by atoms with Gasteiger partial charge in [-0.05, 0) is 37.8 Å². The molecule has 0 saturated carbocycles. The zero-order valence-electron chi connectivity index (χ0n) is 15.9. The molecule has 3 aromatic heterocycles. The Morgan fingerprint density at radius 2 is 2.10 bits per heavy atom. The monoisotopic (exact) mass is 425 g/mol. The van der Waals surface area contributed by atoms with Crippen LogP contribution in [0.1, 0.15) is 29.1 Å². The van der Waals surface area contributed by atoms with E-state index in [0.717, 1.165) is 52.2 Å². The smallest absolute Gasteiger partial charge is 0.259 e. The van der Waals surface area contributed by atoms with E-state index in [1.807, 2.05) is 28.8 Å². The zero-order valence-corrected chi connectivity index (χ0v) is 17.5. The highest BCUT2D eigenvalue weighted by Gasteiger charge is 2.19. The summed E-state index contributed by atoms with van der Waals surface area (Å²) in [5.74, 6) is 1.29. The molecule has 0 spiro atoms. The van der Waals surface area contributed by atoms with Gasteiger partial charge in [-0.2, -0.15) is 0 Å². The molecule has 3 heterocycles. The number of ether oxygens (including phenoxy) is 1. The minimum atomic E-state index is 0.0104. The number of thiazole rings is 1. The van der Waals surface area contributed by atoms with E-state index in [2.05, 4.69) is 10.2 Å². The third-order valence-electron chi connectivity index (χ3n) is 5.03. The predicted molar refractivity (Wildman–Crippen MR) is 113 cm³/mol. The summed E-state index contributed by atoms with van der Waals surface area (Å²) in [5.41, 5.74) is 2.80. The number of hydrogen-bond donors (Lipinski definition) is 0. The first-order valence-corrected chi connectivity index (χ1v) is 11.2. The largest absolute Gasteiger partial charge is 0.495 e. The summed E-state index contributed by atoms with van der Waals surface area (Å²) < 4.78 is 9.13. The minimum absolute atomic E-state index is 0.0104. The van der Waals surface area contributed by atoms with Gasteiger partial charge in [0, 0.05) is 22.4 Å². The second-order valence-corrected chi connectivity index (χ2v) is 8.83. The van der Waals surface area contributed by atoms with E-state index in [1.54, 1.807) is 35.2 Å². The number of methoxy groups -OCH3 is 1. The molecule has 1 aliphatic carbocycles. The average Bonchev–Trinajstić information content (AvgIpc) is 3.36. The number of thioether (sulfide) groups is 1. The first-order valence-electron chi connectivity index (χ1n) is 9.44. The van der Waals surface area contributed by atoms with Gasteiger partial charge in [0.2, 0.25) is 0 Å². The van der Waals surface area contributed by atoms with E-state index < -0.39 is 0 Å². The van der Waals surface area contributed by atoms with Crippen molar-refractivity contribution in [2.75, 3.05) is 7.11 Å². The maximum Gasteiger partial charge on any atom is 0.259 e. The van der Waals surface area contributed by atoms with Crippen molar-refractivity contribution in [2.45, 2.75) is 36.6 Å². The minimum Gasteiger partial charge on any atom is -0.495 e. The van der Waals surface area contributed by atoms with Crippen molar-refractivity contribution < 1.29 is 4.74 Å². The van der Waals surface area contributed by atoms with Crippen molar-refractivity contribution in [2.24, 2.45) is 0 Å². The Balaban J connectivity index is 1.44. The summed E-state index contributed by atoms with van der Waals surface area (Å²) in [6, 6.07) is 9.37. The van der Waals surface area contributed by atoms with Crippen LogP contribution in [-0.4, -0.2) is 31.3 Å². The number of benzene rings is 1. The van der Waals surface area contributed by atoms with Crippen molar-refractivity contribution in [3.8, 4) is 11.4 Å². The Labute approximate surface area is 175 Å². The molecule has 1 aromatic carbocycles. The lowest BCUT2D eigenvalue weighted by Crippen LogP contribution is -2.17. The topological polar surface area (TPSA) is 74.3 Å². The van der Waals surface area contributed by atoms with Crippen LogP contribution in [0.4, 0.5) is 0 Å². The van der Waals surface area contributed by atoms with E-state index in [1.165, 1.54) is 23.1 Å². The lowest BCUT2D eigenvalue weighted by atomic mass is 10.0. The molecule has 0 N–H and O–H groups in total. The molecule has 0 aliphatic heterocycles. The van der Waals surface area contributed by atoms with Crippen molar-refractivity contribution in [3.63, 3.8) is 0 Å². The van der Waals surface area contributed by atoms with Gasteiger partial charge in [-0.1, -0.05) is 23.9 Å². The molecular weight excluding hydrogens is 406 g/mol. The molecule has 0 fully saturated rings. The van der Waals surface area contributed by atoms with Gasteiger partial charge in [-0.25, -0.2) is 4.98 Å². The van der Waals surface area contributed by atoms with Crippen molar-refractivity contribution >= 4 is 28.1 Å². The van der Waals surface area contributed by atoms with E-state index >= 15 is 0 Å². The van der Waals surface area contributed by atoms with Gasteiger partial charge >= 0.3 is 0 Å². The van der Waals surface area contributed by atoms with Crippen molar-refractivity contribution in [1.82, 2.24) is 24.1 Å². The van der Waals surface area contributed by atoms with Crippen LogP contribution in [0.2, 0.25) is 0 Å². The Morgan fingerprint density at radius 3 is 3.00 bits per heavy atom. The molecule has 0 saturated heterocycles. The standard InChI is InChI=1S/C20H19N5O2S2/c1-27-16-8-4-2-6-14(16)24-12-21-23-20(24)28-11-13-10-18(26)25-15-7-3-5-9-17(15)29-19(25)22-13/h2,4,6,8,10,12H,3,5,7,9,11H2,1H3. The van der Waals surface area contributed by atoms with Crippen LogP contribution in [0.5, 0.6) is 5.75 Å². The number of nitrogens with zero attached hydrogens (tertiary/aromatic N) is 5. The quantitative estimate of drug-likeness (QED) is 0.456. The first kappa shape index (κ1) is 18.4. The van der Waals surface area contributed by atoms with Gasteiger partial charge < -0.3 is 4.74 Å². The summed E-state index contributed by atoms with van der Waals surface area (Å²) in [7, 11) is 1.64. The van der Waals surface area contributed by atoms with Gasteiger partial charge in [0.25, 0.3) is 5.56 Å². The van der Waals surface area contributed by atoms with Crippen LogP contribution in [-0.2, 0) is 18.6 Å². The second-order valence-electron chi connectivity index (χ2n) is 6.83.